The summed E-state index contributed by atoms with van der Waals surface area (Å²) in [7, 11) is 0. The van der Waals surface area contributed by atoms with Gasteiger partial charge in [0.2, 0.25) is 5.91 Å². The zero-order valence-electron chi connectivity index (χ0n) is 13.1. The number of non-ortho nitro benzene ring substituents is 1. The Morgan fingerprint density at radius 2 is 2.13 bits per heavy atom. The Hall–Kier alpha value is -2.28. The van der Waals surface area contributed by atoms with Crippen molar-refractivity contribution in [2.45, 2.75) is 45.1 Å². The largest absolute Gasteiger partial charge is 0.300 e. The summed E-state index contributed by atoms with van der Waals surface area (Å²) in [6.45, 7) is 2.07. The maximum Gasteiger partial charge on any atom is 0.269 e. The molecule has 1 aliphatic rings. The van der Waals surface area contributed by atoms with Crippen molar-refractivity contribution < 1.29 is 14.5 Å². The van der Waals surface area contributed by atoms with E-state index in [1.165, 1.54) is 12.1 Å². The van der Waals surface area contributed by atoms with E-state index in [0.717, 1.165) is 19.3 Å². The first-order valence-electron chi connectivity index (χ1n) is 7.84. The maximum absolute atomic E-state index is 12.1. The van der Waals surface area contributed by atoms with Gasteiger partial charge in [0.15, 0.2) is 0 Å². The van der Waals surface area contributed by atoms with Crippen LogP contribution in [0.1, 0.15) is 50.6 Å². The van der Waals surface area contributed by atoms with Gasteiger partial charge in [0.1, 0.15) is 5.78 Å². The molecular weight excluding hydrogens is 298 g/mol. The quantitative estimate of drug-likeness (QED) is 0.435. The number of unbranched alkanes of at least 4 members (excludes halogenated alkanes) is 2. The van der Waals surface area contributed by atoms with E-state index in [1.54, 1.807) is 12.1 Å². The van der Waals surface area contributed by atoms with Gasteiger partial charge in [-0.3, -0.25) is 25.1 Å². The van der Waals surface area contributed by atoms with Gasteiger partial charge in [0, 0.05) is 25.0 Å². The van der Waals surface area contributed by atoms with Crippen LogP contribution in [-0.2, 0) is 9.59 Å². The van der Waals surface area contributed by atoms with Gasteiger partial charge in [-0.1, -0.05) is 31.9 Å². The van der Waals surface area contributed by atoms with E-state index in [-0.39, 0.29) is 23.8 Å². The third-order valence-corrected chi connectivity index (χ3v) is 4.04. The smallest absolute Gasteiger partial charge is 0.269 e. The fraction of sp³-hybridized carbons (Fsp3) is 0.500. The van der Waals surface area contributed by atoms with E-state index in [0.29, 0.717) is 12.0 Å². The Kier molecular flexibility index (Phi) is 5.81. The van der Waals surface area contributed by atoms with Gasteiger partial charge in [0.05, 0.1) is 16.9 Å². The van der Waals surface area contributed by atoms with Crippen LogP contribution in [0, 0.1) is 16.0 Å². The summed E-state index contributed by atoms with van der Waals surface area (Å²) in [5, 5.41) is 10.9. The zero-order valence-corrected chi connectivity index (χ0v) is 13.1. The lowest BCUT2D eigenvalue weighted by atomic mass is 9.89. The highest BCUT2D eigenvalue weighted by atomic mass is 16.6. The molecule has 7 heteroatoms. The molecule has 2 rings (SSSR count). The fourth-order valence-corrected chi connectivity index (χ4v) is 2.77. The topological polar surface area (TPSA) is 101 Å². The number of nitrogens with one attached hydrogen (secondary N) is 2. The predicted octanol–water partition coefficient (Wildman–Crippen LogP) is 2.43. The number of hydrazine groups is 1. The minimum Gasteiger partial charge on any atom is -0.300 e. The summed E-state index contributed by atoms with van der Waals surface area (Å²) in [4.78, 5) is 34.5. The van der Waals surface area contributed by atoms with Crippen LogP contribution < -0.4 is 10.9 Å². The molecule has 124 valence electrons. The Labute approximate surface area is 134 Å². The second kappa shape index (κ2) is 7.82. The number of hydrogen-bond acceptors (Lipinski definition) is 5. The monoisotopic (exact) mass is 319 g/mol. The predicted molar refractivity (Wildman–Crippen MR) is 84.4 cm³/mol. The molecule has 0 spiro atoms. The molecule has 0 radical (unpaired) electrons. The zero-order chi connectivity index (χ0) is 16.8. The number of Topliss-reactive ketones (excluding diaryl/α,β-unsaturated/α-hetero) is 1. The van der Waals surface area contributed by atoms with Crippen molar-refractivity contribution in [2.24, 2.45) is 5.92 Å². The second-order valence-electron chi connectivity index (χ2n) is 5.77. The van der Waals surface area contributed by atoms with Crippen LogP contribution in [0.3, 0.4) is 0 Å². The summed E-state index contributed by atoms with van der Waals surface area (Å²) in [6.07, 6.45) is 3.48. The molecule has 1 aromatic carbocycles. The lowest BCUT2D eigenvalue weighted by molar-refractivity contribution is -0.384. The summed E-state index contributed by atoms with van der Waals surface area (Å²) in [5.41, 5.74) is 5.96. The summed E-state index contributed by atoms with van der Waals surface area (Å²) in [6, 6.07) is 5.71. The van der Waals surface area contributed by atoms with Gasteiger partial charge < -0.3 is 0 Å². The van der Waals surface area contributed by atoms with E-state index in [4.69, 9.17) is 0 Å². The Balaban J connectivity index is 2.08. The van der Waals surface area contributed by atoms with Crippen LogP contribution in [0.4, 0.5) is 5.69 Å². The highest BCUT2D eigenvalue weighted by Gasteiger charge is 2.37. The Bertz CT molecular complexity index is 603. The van der Waals surface area contributed by atoms with Crippen molar-refractivity contribution in [1.29, 1.82) is 0 Å². The molecule has 2 N–H and O–H groups in total. The number of rotatable bonds is 8. The first-order valence-corrected chi connectivity index (χ1v) is 7.84. The molecule has 23 heavy (non-hydrogen) atoms. The SMILES string of the molecule is CCCCCC(=O)CC1C(=O)NNC1c1cccc([N+](=O)[O-])c1. The van der Waals surface area contributed by atoms with Crippen molar-refractivity contribution in [3.05, 3.63) is 39.9 Å². The molecule has 0 aliphatic carbocycles. The minimum atomic E-state index is -0.536. The van der Waals surface area contributed by atoms with Gasteiger partial charge in [0.25, 0.3) is 5.69 Å². The molecular formula is C16H21N3O4. The molecule has 2 unspecified atom stereocenters. The molecule has 1 amide bonds. The van der Waals surface area contributed by atoms with Crippen molar-refractivity contribution in [3.8, 4) is 0 Å². The number of nitrogens with zero attached hydrogens (tertiary/aromatic N) is 1. The van der Waals surface area contributed by atoms with Crippen LogP contribution in [0.15, 0.2) is 24.3 Å². The molecule has 1 fully saturated rings. The molecule has 7 nitrogen and oxygen atoms in total. The third-order valence-electron chi connectivity index (χ3n) is 4.04. The van der Waals surface area contributed by atoms with Crippen LogP contribution in [0.25, 0.3) is 0 Å². The first kappa shape index (κ1) is 17.1. The third kappa shape index (κ3) is 4.35. The molecule has 0 saturated carbocycles. The Morgan fingerprint density at radius 1 is 1.35 bits per heavy atom. The first-order chi connectivity index (χ1) is 11.0. The summed E-state index contributed by atoms with van der Waals surface area (Å²) in [5.74, 6) is -0.728. The van der Waals surface area contributed by atoms with Crippen molar-refractivity contribution in [1.82, 2.24) is 10.9 Å². The molecule has 1 aromatic rings. The number of amides is 1. The average molecular weight is 319 g/mol. The number of hydrogen-bond donors (Lipinski definition) is 2. The number of carbonyl (C=O) groups is 2. The highest BCUT2D eigenvalue weighted by Crippen LogP contribution is 2.30. The number of ketones is 1. The minimum absolute atomic E-state index is 0.0309. The van der Waals surface area contributed by atoms with Crippen LogP contribution in [0.2, 0.25) is 0 Å². The molecule has 2 atom stereocenters. The van der Waals surface area contributed by atoms with Crippen LogP contribution >= 0.6 is 0 Å². The van der Waals surface area contributed by atoms with Crippen LogP contribution in [-0.4, -0.2) is 16.6 Å². The molecule has 1 saturated heterocycles. The Morgan fingerprint density at radius 3 is 2.83 bits per heavy atom. The van der Waals surface area contributed by atoms with E-state index in [2.05, 4.69) is 17.8 Å². The molecule has 1 aliphatic heterocycles. The van der Waals surface area contributed by atoms with Crippen LogP contribution in [0.5, 0.6) is 0 Å². The second-order valence-corrected chi connectivity index (χ2v) is 5.77. The molecule has 1 heterocycles. The highest BCUT2D eigenvalue weighted by molar-refractivity contribution is 5.88. The number of nitro benzene ring substituents is 1. The standard InChI is InChI=1S/C16H21N3O4/c1-2-3-4-8-13(20)10-14-15(17-18-16(14)21)11-6-5-7-12(9-11)19(22)23/h5-7,9,14-15,17H,2-4,8,10H2,1H3,(H,18,21). The number of carbonyl (C=O) groups excluding carboxylic acids is 2. The maximum atomic E-state index is 12.1. The molecule has 0 aromatic heterocycles. The normalized spacial score (nSPS) is 20.3. The number of benzene rings is 1. The summed E-state index contributed by atoms with van der Waals surface area (Å²) >= 11 is 0. The van der Waals surface area contributed by atoms with E-state index < -0.39 is 16.9 Å². The van der Waals surface area contributed by atoms with Crippen molar-refractivity contribution in [3.63, 3.8) is 0 Å². The van der Waals surface area contributed by atoms with Gasteiger partial charge in [-0.25, -0.2) is 5.43 Å². The number of nitro groups is 1. The summed E-state index contributed by atoms with van der Waals surface area (Å²) < 4.78 is 0. The van der Waals surface area contributed by atoms with E-state index in [9.17, 15) is 19.7 Å². The van der Waals surface area contributed by atoms with Gasteiger partial charge >= 0.3 is 0 Å². The van der Waals surface area contributed by atoms with E-state index >= 15 is 0 Å². The van der Waals surface area contributed by atoms with Crippen molar-refractivity contribution >= 4 is 17.4 Å². The van der Waals surface area contributed by atoms with E-state index in [1.807, 2.05) is 0 Å². The average Bonchev–Trinajstić information content (AvgIpc) is 2.89. The van der Waals surface area contributed by atoms with Crippen molar-refractivity contribution in [2.75, 3.05) is 0 Å². The lowest BCUT2D eigenvalue weighted by Crippen LogP contribution is -2.27. The molecule has 0 bridgehead atoms. The fourth-order valence-electron chi connectivity index (χ4n) is 2.77. The lowest BCUT2D eigenvalue weighted by Gasteiger charge is -2.16. The van der Waals surface area contributed by atoms with Gasteiger partial charge in [-0.2, -0.15) is 0 Å². The van der Waals surface area contributed by atoms with Gasteiger partial charge in [-0.15, -0.1) is 0 Å². The van der Waals surface area contributed by atoms with Gasteiger partial charge in [-0.05, 0) is 12.0 Å².